The van der Waals surface area contributed by atoms with Crippen LogP contribution in [0.3, 0.4) is 0 Å². The lowest BCUT2D eigenvalue weighted by atomic mass is 10.0. The highest BCUT2D eigenvalue weighted by atomic mass is 32.2. The Balaban J connectivity index is 2.06. The highest BCUT2D eigenvalue weighted by Crippen LogP contribution is 2.21. The second kappa shape index (κ2) is 8.82. The fourth-order valence-corrected chi connectivity index (χ4v) is 3.34. The van der Waals surface area contributed by atoms with Crippen molar-refractivity contribution in [1.29, 1.82) is 0 Å². The van der Waals surface area contributed by atoms with Gasteiger partial charge in [0.05, 0.1) is 19.4 Å². The van der Waals surface area contributed by atoms with E-state index >= 15 is 0 Å². The van der Waals surface area contributed by atoms with Gasteiger partial charge in [-0.3, -0.25) is 4.79 Å². The third kappa shape index (κ3) is 6.50. The van der Waals surface area contributed by atoms with Crippen LogP contribution in [0.4, 0.5) is 0 Å². The first-order chi connectivity index (χ1) is 12.3. The minimum atomic E-state index is -3.47. The van der Waals surface area contributed by atoms with Crippen LogP contribution in [0, 0.1) is 6.92 Å². The van der Waals surface area contributed by atoms with E-state index < -0.39 is 16.1 Å². The summed E-state index contributed by atoms with van der Waals surface area (Å²) in [6, 6.07) is 14.2. The van der Waals surface area contributed by atoms with E-state index in [9.17, 15) is 13.2 Å². The van der Waals surface area contributed by atoms with E-state index in [2.05, 4.69) is 10.0 Å². The highest BCUT2D eigenvalue weighted by Gasteiger charge is 2.20. The number of methoxy groups -OCH3 is 1. The Morgan fingerprint density at radius 1 is 1.15 bits per heavy atom. The van der Waals surface area contributed by atoms with Crippen LogP contribution in [-0.2, 0) is 21.4 Å². The third-order valence-corrected chi connectivity index (χ3v) is 4.55. The first-order valence-electron chi connectivity index (χ1n) is 8.20. The van der Waals surface area contributed by atoms with Crippen LogP contribution in [-0.4, -0.2) is 27.7 Å². The van der Waals surface area contributed by atoms with E-state index in [0.717, 1.165) is 17.4 Å². The number of nitrogens with one attached hydrogen (secondary N) is 2. The lowest BCUT2D eigenvalue weighted by Crippen LogP contribution is -2.33. The van der Waals surface area contributed by atoms with Crippen LogP contribution >= 0.6 is 0 Å². The van der Waals surface area contributed by atoms with E-state index in [1.54, 1.807) is 31.4 Å². The predicted molar refractivity (Wildman–Crippen MR) is 101 cm³/mol. The summed E-state index contributed by atoms with van der Waals surface area (Å²) in [7, 11) is -1.91. The van der Waals surface area contributed by atoms with E-state index in [1.165, 1.54) is 0 Å². The van der Waals surface area contributed by atoms with Gasteiger partial charge < -0.3 is 10.1 Å². The molecule has 2 rings (SSSR count). The van der Waals surface area contributed by atoms with Crippen molar-refractivity contribution in [2.45, 2.75) is 25.9 Å². The van der Waals surface area contributed by atoms with Crippen LogP contribution in [0.5, 0.6) is 5.75 Å². The quantitative estimate of drug-likeness (QED) is 0.740. The number of benzene rings is 2. The Morgan fingerprint density at radius 3 is 2.42 bits per heavy atom. The van der Waals surface area contributed by atoms with Gasteiger partial charge in [0.1, 0.15) is 5.75 Å². The van der Waals surface area contributed by atoms with Crippen molar-refractivity contribution in [3.05, 3.63) is 65.2 Å². The van der Waals surface area contributed by atoms with Gasteiger partial charge in [0.25, 0.3) is 0 Å². The van der Waals surface area contributed by atoms with Crippen LogP contribution in [0.2, 0.25) is 0 Å². The number of rotatable bonds is 8. The van der Waals surface area contributed by atoms with Gasteiger partial charge in [-0.1, -0.05) is 42.0 Å². The molecule has 2 aromatic carbocycles. The maximum atomic E-state index is 12.3. The minimum absolute atomic E-state index is 0.00517. The van der Waals surface area contributed by atoms with Gasteiger partial charge in [0.2, 0.25) is 15.9 Å². The molecule has 0 bridgehead atoms. The van der Waals surface area contributed by atoms with Crippen LogP contribution in [0.15, 0.2) is 48.5 Å². The fourth-order valence-electron chi connectivity index (χ4n) is 2.60. The summed E-state index contributed by atoms with van der Waals surface area (Å²) in [5.41, 5.74) is 2.81. The Bertz CT molecular complexity index is 848. The average Bonchev–Trinajstić information content (AvgIpc) is 2.58. The van der Waals surface area contributed by atoms with Crippen molar-refractivity contribution < 1.29 is 17.9 Å². The van der Waals surface area contributed by atoms with Gasteiger partial charge in [-0.25, -0.2) is 13.1 Å². The molecule has 26 heavy (non-hydrogen) atoms. The fraction of sp³-hybridized carbons (Fsp3) is 0.316. The smallest absolute Gasteiger partial charge is 0.222 e. The summed E-state index contributed by atoms with van der Waals surface area (Å²) in [5, 5.41) is 2.84. The lowest BCUT2D eigenvalue weighted by Gasteiger charge is -2.18. The minimum Gasteiger partial charge on any atom is -0.497 e. The number of aryl methyl sites for hydroxylation is 1. The zero-order chi connectivity index (χ0) is 19.2. The molecule has 140 valence electrons. The monoisotopic (exact) mass is 376 g/mol. The van der Waals surface area contributed by atoms with Gasteiger partial charge in [-0.15, -0.1) is 0 Å². The summed E-state index contributed by atoms with van der Waals surface area (Å²) in [6.45, 7) is 2.38. The first kappa shape index (κ1) is 19.9. The topological polar surface area (TPSA) is 84.5 Å². The molecule has 0 fully saturated rings. The molecule has 0 aromatic heterocycles. The molecule has 0 aliphatic rings. The molecule has 7 heteroatoms. The molecule has 6 nitrogen and oxygen atoms in total. The molecule has 0 aliphatic heterocycles. The molecule has 0 spiro atoms. The summed E-state index contributed by atoms with van der Waals surface area (Å²) in [6.07, 6.45) is 1.08. The number of sulfonamides is 1. The summed E-state index contributed by atoms with van der Waals surface area (Å²) >= 11 is 0. The summed E-state index contributed by atoms with van der Waals surface area (Å²) in [4.78, 5) is 12.3. The number of amides is 1. The summed E-state index contributed by atoms with van der Waals surface area (Å²) in [5.74, 6) is 0.430. The number of hydrogen-bond acceptors (Lipinski definition) is 4. The van der Waals surface area contributed by atoms with E-state index in [-0.39, 0.29) is 12.3 Å². The molecule has 1 amide bonds. The van der Waals surface area contributed by atoms with E-state index in [0.29, 0.717) is 17.9 Å². The molecule has 2 N–H and O–H groups in total. The second-order valence-electron chi connectivity index (χ2n) is 6.19. The second-order valence-corrected chi connectivity index (χ2v) is 7.97. The van der Waals surface area contributed by atoms with Gasteiger partial charge in [0, 0.05) is 13.0 Å². The molecule has 0 unspecified atom stereocenters. The zero-order valence-electron chi connectivity index (χ0n) is 15.2. The number of carbonyl (C=O) groups excluding carboxylic acids is 1. The van der Waals surface area contributed by atoms with Gasteiger partial charge >= 0.3 is 0 Å². The molecule has 2 aromatic rings. The van der Waals surface area contributed by atoms with Crippen molar-refractivity contribution in [2.24, 2.45) is 0 Å². The first-order valence-corrected chi connectivity index (χ1v) is 10.1. The number of carbonyl (C=O) groups is 1. The molecule has 0 heterocycles. The SMILES string of the molecule is COc1ccc([C@H](CC(=O)NCc2cccc(C)c2)NS(C)(=O)=O)cc1. The Labute approximate surface area is 154 Å². The zero-order valence-corrected chi connectivity index (χ0v) is 16.0. The molecular weight excluding hydrogens is 352 g/mol. The molecule has 0 aliphatic carbocycles. The van der Waals surface area contributed by atoms with Crippen molar-refractivity contribution in [2.75, 3.05) is 13.4 Å². The van der Waals surface area contributed by atoms with Gasteiger partial charge in [-0.05, 0) is 30.2 Å². The molecule has 1 atom stereocenters. The molecule has 0 saturated heterocycles. The maximum Gasteiger partial charge on any atom is 0.222 e. The normalized spacial score (nSPS) is 12.4. The highest BCUT2D eigenvalue weighted by molar-refractivity contribution is 7.88. The standard InChI is InChI=1S/C19H24N2O4S/c1-14-5-4-6-15(11-14)13-20-19(22)12-18(21-26(3,23)24)16-7-9-17(25-2)10-8-16/h4-11,18,21H,12-13H2,1-3H3,(H,20,22)/t18-/m0/s1. The van der Waals surface area contributed by atoms with E-state index in [1.807, 2.05) is 31.2 Å². The van der Waals surface area contributed by atoms with Gasteiger partial charge in [0.15, 0.2) is 0 Å². The van der Waals surface area contributed by atoms with Crippen LogP contribution < -0.4 is 14.8 Å². The Hall–Kier alpha value is -2.38. The van der Waals surface area contributed by atoms with Crippen molar-refractivity contribution in [3.8, 4) is 5.75 Å². The molecule has 0 saturated carbocycles. The maximum absolute atomic E-state index is 12.3. The van der Waals surface area contributed by atoms with Crippen LogP contribution in [0.25, 0.3) is 0 Å². The lowest BCUT2D eigenvalue weighted by molar-refractivity contribution is -0.121. The predicted octanol–water partition coefficient (Wildman–Crippen LogP) is 2.30. The van der Waals surface area contributed by atoms with Gasteiger partial charge in [-0.2, -0.15) is 0 Å². The molecular formula is C19H24N2O4S. The number of hydrogen-bond donors (Lipinski definition) is 2. The Morgan fingerprint density at radius 2 is 1.85 bits per heavy atom. The largest absolute Gasteiger partial charge is 0.497 e. The third-order valence-electron chi connectivity index (χ3n) is 3.84. The van der Waals surface area contributed by atoms with Crippen molar-refractivity contribution in [3.63, 3.8) is 0 Å². The average molecular weight is 376 g/mol. The Kier molecular flexibility index (Phi) is 6.76. The van der Waals surface area contributed by atoms with Crippen molar-refractivity contribution >= 4 is 15.9 Å². The van der Waals surface area contributed by atoms with E-state index in [4.69, 9.17) is 4.74 Å². The van der Waals surface area contributed by atoms with Crippen LogP contribution in [0.1, 0.15) is 29.2 Å². The number of ether oxygens (including phenoxy) is 1. The molecule has 0 radical (unpaired) electrons. The summed E-state index contributed by atoms with van der Waals surface area (Å²) < 4.78 is 31.0. The van der Waals surface area contributed by atoms with Crippen molar-refractivity contribution in [1.82, 2.24) is 10.0 Å².